The topological polar surface area (TPSA) is 58.6 Å². The third-order valence-corrected chi connectivity index (χ3v) is 4.06. The van der Waals surface area contributed by atoms with Gasteiger partial charge >= 0.3 is 0 Å². The third-order valence-electron chi connectivity index (χ3n) is 4.06. The van der Waals surface area contributed by atoms with E-state index < -0.39 is 5.60 Å². The van der Waals surface area contributed by atoms with E-state index in [1.165, 1.54) is 12.8 Å². The fourth-order valence-corrected chi connectivity index (χ4v) is 2.65. The number of hydrogen-bond donors (Lipinski definition) is 2. The zero-order chi connectivity index (χ0) is 14.1. The number of aliphatic hydroxyl groups is 1. The van der Waals surface area contributed by atoms with Crippen molar-refractivity contribution in [2.45, 2.75) is 63.9 Å². The summed E-state index contributed by atoms with van der Waals surface area (Å²) in [6.07, 6.45) is 7.88. The summed E-state index contributed by atoms with van der Waals surface area (Å²) in [5.74, 6) is 0.0401. The smallest absolute Gasteiger partial charge is 0.222 e. The molecule has 1 saturated carbocycles. The van der Waals surface area contributed by atoms with Gasteiger partial charge < -0.3 is 15.2 Å². The van der Waals surface area contributed by atoms with Gasteiger partial charge in [-0.2, -0.15) is 0 Å². The summed E-state index contributed by atoms with van der Waals surface area (Å²) < 4.78 is 4.99. The van der Waals surface area contributed by atoms with Gasteiger partial charge in [-0.25, -0.2) is 0 Å². The van der Waals surface area contributed by atoms with E-state index in [2.05, 4.69) is 5.32 Å². The quantitative estimate of drug-likeness (QED) is 0.551. The summed E-state index contributed by atoms with van der Waals surface area (Å²) in [5, 5.41) is 13.4. The van der Waals surface area contributed by atoms with Crippen molar-refractivity contribution in [3.05, 3.63) is 0 Å². The normalized spacial score (nSPS) is 20.6. The number of amides is 1. The summed E-state index contributed by atoms with van der Waals surface area (Å²) in [5.41, 5.74) is -0.682. The first-order valence-corrected chi connectivity index (χ1v) is 7.56. The largest absolute Gasteiger partial charge is 0.388 e. The van der Waals surface area contributed by atoms with Gasteiger partial charge in [-0.1, -0.05) is 32.6 Å². The van der Waals surface area contributed by atoms with E-state index in [0.29, 0.717) is 13.2 Å². The van der Waals surface area contributed by atoms with E-state index in [0.717, 1.165) is 38.5 Å². The SMILES string of the molecule is COCCCC(C)C(=O)NCC1(O)CCCCCC1. The number of methoxy groups -OCH3 is 1. The van der Waals surface area contributed by atoms with Crippen LogP contribution in [0.15, 0.2) is 0 Å². The maximum atomic E-state index is 11.9. The molecule has 4 nitrogen and oxygen atoms in total. The molecular weight excluding hydrogens is 242 g/mol. The molecule has 19 heavy (non-hydrogen) atoms. The van der Waals surface area contributed by atoms with Gasteiger partial charge in [0.25, 0.3) is 0 Å². The lowest BCUT2D eigenvalue weighted by atomic mass is 9.94. The zero-order valence-electron chi connectivity index (χ0n) is 12.4. The Kier molecular flexibility index (Phi) is 7.39. The predicted molar refractivity (Wildman–Crippen MR) is 75.9 cm³/mol. The van der Waals surface area contributed by atoms with Crippen LogP contribution >= 0.6 is 0 Å². The van der Waals surface area contributed by atoms with Crippen LogP contribution in [-0.2, 0) is 9.53 Å². The van der Waals surface area contributed by atoms with E-state index in [1.807, 2.05) is 6.92 Å². The fourth-order valence-electron chi connectivity index (χ4n) is 2.65. The lowest BCUT2D eigenvalue weighted by molar-refractivity contribution is -0.126. The van der Waals surface area contributed by atoms with E-state index in [9.17, 15) is 9.90 Å². The molecule has 0 saturated heterocycles. The van der Waals surface area contributed by atoms with Crippen LogP contribution in [-0.4, -0.2) is 36.9 Å². The Labute approximate surface area is 116 Å². The van der Waals surface area contributed by atoms with Crippen LogP contribution in [0.1, 0.15) is 58.3 Å². The lowest BCUT2D eigenvalue weighted by Gasteiger charge is -2.27. The fraction of sp³-hybridized carbons (Fsp3) is 0.933. The first kappa shape index (κ1) is 16.4. The molecule has 1 fully saturated rings. The minimum absolute atomic E-state index is 0.00970. The van der Waals surface area contributed by atoms with Gasteiger partial charge in [-0.05, 0) is 25.7 Å². The average Bonchev–Trinajstić information content (AvgIpc) is 2.61. The maximum Gasteiger partial charge on any atom is 0.222 e. The van der Waals surface area contributed by atoms with Crippen LogP contribution < -0.4 is 5.32 Å². The predicted octanol–water partition coefficient (Wildman–Crippen LogP) is 2.25. The first-order valence-electron chi connectivity index (χ1n) is 7.56. The van der Waals surface area contributed by atoms with E-state index in [1.54, 1.807) is 7.11 Å². The Bertz CT molecular complexity index is 260. The molecule has 1 aliphatic rings. The summed E-state index contributed by atoms with van der Waals surface area (Å²) in [6, 6.07) is 0. The molecule has 4 heteroatoms. The Morgan fingerprint density at radius 1 is 1.32 bits per heavy atom. The van der Waals surface area contributed by atoms with Crippen molar-refractivity contribution in [3.63, 3.8) is 0 Å². The molecule has 1 atom stereocenters. The minimum Gasteiger partial charge on any atom is -0.388 e. The Balaban J connectivity index is 2.27. The van der Waals surface area contributed by atoms with Gasteiger partial charge in [-0.3, -0.25) is 4.79 Å². The van der Waals surface area contributed by atoms with Crippen molar-refractivity contribution in [2.75, 3.05) is 20.3 Å². The number of carbonyl (C=O) groups excluding carboxylic acids is 1. The van der Waals surface area contributed by atoms with Crippen molar-refractivity contribution in [3.8, 4) is 0 Å². The lowest BCUT2D eigenvalue weighted by Crippen LogP contribution is -2.44. The van der Waals surface area contributed by atoms with Crippen LogP contribution in [0.4, 0.5) is 0 Å². The summed E-state index contributed by atoms with van der Waals surface area (Å²) in [4.78, 5) is 11.9. The van der Waals surface area contributed by atoms with Crippen molar-refractivity contribution in [1.29, 1.82) is 0 Å². The van der Waals surface area contributed by atoms with Gasteiger partial charge in [0.1, 0.15) is 0 Å². The van der Waals surface area contributed by atoms with Crippen LogP contribution in [0, 0.1) is 5.92 Å². The van der Waals surface area contributed by atoms with E-state index in [-0.39, 0.29) is 11.8 Å². The van der Waals surface area contributed by atoms with Crippen LogP contribution in [0.2, 0.25) is 0 Å². The van der Waals surface area contributed by atoms with Gasteiger partial charge in [-0.15, -0.1) is 0 Å². The molecule has 0 aromatic heterocycles. The molecule has 0 aromatic rings. The van der Waals surface area contributed by atoms with E-state index in [4.69, 9.17) is 4.74 Å². The Hall–Kier alpha value is -0.610. The highest BCUT2D eigenvalue weighted by molar-refractivity contribution is 5.78. The van der Waals surface area contributed by atoms with Crippen molar-refractivity contribution >= 4 is 5.91 Å². The number of carbonyl (C=O) groups is 1. The standard InChI is InChI=1S/C15H29NO3/c1-13(8-7-11-19-2)14(17)16-12-15(18)9-5-3-4-6-10-15/h13,18H,3-12H2,1-2H3,(H,16,17). The molecule has 0 heterocycles. The van der Waals surface area contributed by atoms with Crippen LogP contribution in [0.3, 0.4) is 0 Å². The number of hydrogen-bond acceptors (Lipinski definition) is 3. The Morgan fingerprint density at radius 2 is 1.95 bits per heavy atom. The average molecular weight is 271 g/mol. The number of rotatable bonds is 7. The van der Waals surface area contributed by atoms with Crippen molar-refractivity contribution in [2.24, 2.45) is 5.92 Å². The monoisotopic (exact) mass is 271 g/mol. The highest BCUT2D eigenvalue weighted by atomic mass is 16.5. The van der Waals surface area contributed by atoms with Crippen LogP contribution in [0.25, 0.3) is 0 Å². The van der Waals surface area contributed by atoms with Gasteiger partial charge in [0, 0.05) is 26.2 Å². The second-order valence-electron chi connectivity index (χ2n) is 5.89. The second-order valence-corrected chi connectivity index (χ2v) is 5.89. The molecular formula is C15H29NO3. The molecule has 112 valence electrons. The minimum atomic E-state index is -0.682. The molecule has 0 radical (unpaired) electrons. The molecule has 0 bridgehead atoms. The van der Waals surface area contributed by atoms with Gasteiger partial charge in [0.2, 0.25) is 5.91 Å². The molecule has 1 amide bonds. The molecule has 0 aliphatic heterocycles. The maximum absolute atomic E-state index is 11.9. The van der Waals surface area contributed by atoms with Crippen LogP contribution in [0.5, 0.6) is 0 Å². The zero-order valence-corrected chi connectivity index (χ0v) is 12.4. The van der Waals surface area contributed by atoms with Crippen molar-refractivity contribution < 1.29 is 14.6 Å². The number of nitrogens with one attached hydrogen (secondary N) is 1. The van der Waals surface area contributed by atoms with Crippen molar-refractivity contribution in [1.82, 2.24) is 5.32 Å². The molecule has 0 spiro atoms. The summed E-state index contributed by atoms with van der Waals surface area (Å²) >= 11 is 0. The molecule has 1 aliphatic carbocycles. The Morgan fingerprint density at radius 3 is 2.53 bits per heavy atom. The summed E-state index contributed by atoms with van der Waals surface area (Å²) in [7, 11) is 1.67. The van der Waals surface area contributed by atoms with Gasteiger partial charge in [0.05, 0.1) is 5.60 Å². The van der Waals surface area contributed by atoms with Gasteiger partial charge in [0.15, 0.2) is 0 Å². The second kappa shape index (κ2) is 8.54. The highest BCUT2D eigenvalue weighted by Gasteiger charge is 2.28. The molecule has 0 aromatic carbocycles. The third kappa shape index (κ3) is 6.39. The van der Waals surface area contributed by atoms with E-state index >= 15 is 0 Å². The molecule has 1 unspecified atom stereocenters. The first-order chi connectivity index (χ1) is 9.07. The summed E-state index contributed by atoms with van der Waals surface area (Å²) in [6.45, 7) is 3.03. The number of ether oxygens (including phenoxy) is 1. The highest BCUT2D eigenvalue weighted by Crippen LogP contribution is 2.26. The molecule has 1 rings (SSSR count). The molecule has 2 N–H and O–H groups in total.